The molecule has 1 atom stereocenters. The van der Waals surface area contributed by atoms with Gasteiger partial charge < -0.3 is 15.2 Å². The molecule has 0 radical (unpaired) electrons. The van der Waals surface area contributed by atoms with Crippen LogP contribution in [-0.2, 0) is 9.53 Å². The number of rotatable bonds is 5. The van der Waals surface area contributed by atoms with Gasteiger partial charge in [-0.1, -0.05) is 18.2 Å². The molecule has 0 aliphatic heterocycles. The Balaban J connectivity index is 2.58. The number of hydrogen-bond donors (Lipinski definition) is 2. The molecular weight excluding hydrogens is 194 g/mol. The zero-order valence-corrected chi connectivity index (χ0v) is 8.64. The number of ether oxygens (including phenoxy) is 1. The highest BCUT2D eigenvalue weighted by Gasteiger charge is 2.17. The first-order valence-electron chi connectivity index (χ1n) is 4.87. The summed E-state index contributed by atoms with van der Waals surface area (Å²) in [5.74, 6) is -0.441. The summed E-state index contributed by atoms with van der Waals surface area (Å²) >= 11 is 0. The summed E-state index contributed by atoms with van der Waals surface area (Å²) in [6, 6.07) is 8.52. The normalized spacial score (nSPS) is 11.9. The van der Waals surface area contributed by atoms with Crippen molar-refractivity contribution in [2.45, 2.75) is 13.0 Å². The lowest BCUT2D eigenvalue weighted by atomic mass is 10.2. The fourth-order valence-corrected chi connectivity index (χ4v) is 1.16. The van der Waals surface area contributed by atoms with Gasteiger partial charge in [-0.05, 0) is 19.1 Å². The summed E-state index contributed by atoms with van der Waals surface area (Å²) in [6.07, 6.45) is 0. The summed E-state index contributed by atoms with van der Waals surface area (Å²) in [4.78, 5) is 11.3. The summed E-state index contributed by atoms with van der Waals surface area (Å²) in [7, 11) is 0. The largest absolute Gasteiger partial charge is 0.464 e. The minimum absolute atomic E-state index is 0.284. The van der Waals surface area contributed by atoms with Crippen LogP contribution in [0.15, 0.2) is 30.3 Å². The molecule has 0 amide bonds. The average Bonchev–Trinajstić information content (AvgIpc) is 2.27. The van der Waals surface area contributed by atoms with Crippen molar-refractivity contribution in [1.82, 2.24) is 0 Å². The molecule has 0 aliphatic rings. The van der Waals surface area contributed by atoms with E-state index in [-0.39, 0.29) is 6.61 Å². The fourth-order valence-electron chi connectivity index (χ4n) is 1.16. The maximum absolute atomic E-state index is 11.3. The van der Waals surface area contributed by atoms with Crippen molar-refractivity contribution >= 4 is 11.7 Å². The molecule has 0 saturated heterocycles. The number of carbonyl (C=O) groups is 1. The van der Waals surface area contributed by atoms with Crippen molar-refractivity contribution in [2.24, 2.45) is 0 Å². The Labute approximate surface area is 88.9 Å². The topological polar surface area (TPSA) is 58.6 Å². The van der Waals surface area contributed by atoms with Gasteiger partial charge in [-0.25, -0.2) is 4.79 Å². The molecule has 0 fully saturated rings. The molecule has 0 saturated carbocycles. The van der Waals surface area contributed by atoms with Gasteiger partial charge in [0.05, 0.1) is 13.2 Å². The van der Waals surface area contributed by atoms with E-state index >= 15 is 0 Å². The van der Waals surface area contributed by atoms with Crippen molar-refractivity contribution < 1.29 is 14.6 Å². The van der Waals surface area contributed by atoms with Crippen LogP contribution in [0.3, 0.4) is 0 Å². The maximum atomic E-state index is 11.3. The molecule has 0 spiro atoms. The Morgan fingerprint density at radius 1 is 1.47 bits per heavy atom. The SMILES string of the molecule is CCOC(=O)[C@H](CO)Nc1ccccc1. The van der Waals surface area contributed by atoms with Gasteiger partial charge in [-0.15, -0.1) is 0 Å². The minimum atomic E-state index is -0.702. The molecule has 1 aromatic rings. The molecule has 82 valence electrons. The molecule has 2 N–H and O–H groups in total. The zero-order chi connectivity index (χ0) is 11.1. The third-order valence-electron chi connectivity index (χ3n) is 1.87. The molecule has 0 aromatic heterocycles. The highest BCUT2D eigenvalue weighted by atomic mass is 16.5. The quantitative estimate of drug-likeness (QED) is 0.711. The first-order chi connectivity index (χ1) is 7.27. The number of hydrogen-bond acceptors (Lipinski definition) is 4. The van der Waals surface area contributed by atoms with Gasteiger partial charge in [0.15, 0.2) is 0 Å². The van der Waals surface area contributed by atoms with Crippen LogP contribution in [0.5, 0.6) is 0 Å². The average molecular weight is 209 g/mol. The summed E-state index contributed by atoms with van der Waals surface area (Å²) in [5.41, 5.74) is 0.782. The van der Waals surface area contributed by atoms with Gasteiger partial charge in [0, 0.05) is 5.69 Å². The van der Waals surface area contributed by atoms with Gasteiger partial charge in [0.2, 0.25) is 0 Å². The van der Waals surface area contributed by atoms with Crippen LogP contribution in [0.1, 0.15) is 6.92 Å². The fraction of sp³-hybridized carbons (Fsp3) is 0.364. The number of esters is 1. The van der Waals surface area contributed by atoms with E-state index in [2.05, 4.69) is 5.32 Å². The molecule has 4 nitrogen and oxygen atoms in total. The smallest absolute Gasteiger partial charge is 0.330 e. The number of para-hydroxylation sites is 1. The van der Waals surface area contributed by atoms with Crippen molar-refractivity contribution in [2.75, 3.05) is 18.5 Å². The second-order valence-corrected chi connectivity index (χ2v) is 3.00. The molecule has 0 aliphatic carbocycles. The van der Waals surface area contributed by atoms with Crippen molar-refractivity contribution in [1.29, 1.82) is 0 Å². The number of nitrogens with one attached hydrogen (secondary N) is 1. The first kappa shape index (κ1) is 11.5. The lowest BCUT2D eigenvalue weighted by Gasteiger charge is -2.15. The monoisotopic (exact) mass is 209 g/mol. The Hall–Kier alpha value is -1.55. The molecule has 0 heterocycles. The third-order valence-corrected chi connectivity index (χ3v) is 1.87. The Kier molecular flexibility index (Phi) is 4.63. The van der Waals surface area contributed by atoms with Gasteiger partial charge in [0.1, 0.15) is 6.04 Å². The van der Waals surface area contributed by atoms with E-state index in [1.165, 1.54) is 0 Å². The van der Waals surface area contributed by atoms with E-state index in [0.717, 1.165) is 5.69 Å². The van der Waals surface area contributed by atoms with Crippen LogP contribution in [0.4, 0.5) is 5.69 Å². The molecule has 4 heteroatoms. The van der Waals surface area contributed by atoms with Crippen molar-refractivity contribution in [3.05, 3.63) is 30.3 Å². The lowest BCUT2D eigenvalue weighted by molar-refractivity contribution is -0.144. The van der Waals surface area contributed by atoms with Crippen LogP contribution in [-0.4, -0.2) is 30.3 Å². The van der Waals surface area contributed by atoms with E-state index < -0.39 is 12.0 Å². The van der Waals surface area contributed by atoms with E-state index in [9.17, 15) is 4.79 Å². The standard InChI is InChI=1S/C11H15NO3/c1-2-15-11(14)10(8-13)12-9-6-4-3-5-7-9/h3-7,10,12-13H,2,8H2,1H3/t10-/m0/s1. The molecule has 0 unspecified atom stereocenters. The molecular formula is C11H15NO3. The number of anilines is 1. The molecule has 1 rings (SSSR count). The second-order valence-electron chi connectivity index (χ2n) is 3.00. The van der Waals surface area contributed by atoms with E-state index in [1.54, 1.807) is 6.92 Å². The number of benzene rings is 1. The lowest BCUT2D eigenvalue weighted by Crippen LogP contribution is -2.34. The van der Waals surface area contributed by atoms with Gasteiger partial charge in [-0.2, -0.15) is 0 Å². The van der Waals surface area contributed by atoms with Crippen LogP contribution in [0.2, 0.25) is 0 Å². The summed E-state index contributed by atoms with van der Waals surface area (Å²) in [5, 5.41) is 11.9. The van der Waals surface area contributed by atoms with E-state index in [4.69, 9.17) is 9.84 Å². The van der Waals surface area contributed by atoms with Crippen LogP contribution in [0, 0.1) is 0 Å². The Bertz CT molecular complexity index is 300. The maximum Gasteiger partial charge on any atom is 0.330 e. The second kappa shape index (κ2) is 6.03. The molecule has 1 aromatic carbocycles. The molecule has 0 bridgehead atoms. The third kappa shape index (κ3) is 3.59. The van der Waals surface area contributed by atoms with Crippen LogP contribution in [0.25, 0.3) is 0 Å². The number of aliphatic hydroxyl groups excluding tert-OH is 1. The van der Waals surface area contributed by atoms with Gasteiger partial charge in [0.25, 0.3) is 0 Å². The Morgan fingerprint density at radius 3 is 2.67 bits per heavy atom. The van der Waals surface area contributed by atoms with Crippen molar-refractivity contribution in [3.8, 4) is 0 Å². The minimum Gasteiger partial charge on any atom is -0.464 e. The highest BCUT2D eigenvalue weighted by molar-refractivity contribution is 5.79. The van der Waals surface area contributed by atoms with Gasteiger partial charge in [-0.3, -0.25) is 0 Å². The van der Waals surface area contributed by atoms with Crippen LogP contribution < -0.4 is 5.32 Å². The number of aliphatic hydroxyl groups is 1. The highest BCUT2D eigenvalue weighted by Crippen LogP contribution is 2.07. The van der Waals surface area contributed by atoms with Crippen LogP contribution >= 0.6 is 0 Å². The Morgan fingerprint density at radius 2 is 2.13 bits per heavy atom. The summed E-state index contributed by atoms with van der Waals surface area (Å²) < 4.78 is 4.81. The molecule has 15 heavy (non-hydrogen) atoms. The number of carbonyl (C=O) groups excluding carboxylic acids is 1. The van der Waals surface area contributed by atoms with Gasteiger partial charge >= 0.3 is 5.97 Å². The zero-order valence-electron chi connectivity index (χ0n) is 8.64. The summed E-state index contributed by atoms with van der Waals surface area (Å²) in [6.45, 7) is 1.76. The first-order valence-corrected chi connectivity index (χ1v) is 4.87. The van der Waals surface area contributed by atoms with E-state index in [1.807, 2.05) is 30.3 Å². The van der Waals surface area contributed by atoms with E-state index in [0.29, 0.717) is 6.61 Å². The predicted octanol–water partition coefficient (Wildman–Crippen LogP) is 1.02. The van der Waals surface area contributed by atoms with Crippen molar-refractivity contribution in [3.63, 3.8) is 0 Å². The predicted molar refractivity (Wildman–Crippen MR) is 57.6 cm³/mol.